The SMILES string of the molecule is COCCc1c(CC(N)=O)nnn1C1CCCCC1. The summed E-state index contributed by atoms with van der Waals surface area (Å²) >= 11 is 0. The number of methoxy groups -OCH3 is 1. The monoisotopic (exact) mass is 266 g/mol. The molecule has 0 spiro atoms. The second-order valence-corrected chi connectivity index (χ2v) is 5.11. The van der Waals surface area contributed by atoms with Gasteiger partial charge in [0.05, 0.1) is 30.5 Å². The lowest BCUT2D eigenvalue weighted by Gasteiger charge is -2.23. The molecule has 1 aromatic rings. The molecule has 6 heteroatoms. The van der Waals surface area contributed by atoms with Gasteiger partial charge in [-0.15, -0.1) is 5.10 Å². The van der Waals surface area contributed by atoms with Gasteiger partial charge < -0.3 is 10.5 Å². The van der Waals surface area contributed by atoms with Crippen LogP contribution in [0.5, 0.6) is 0 Å². The van der Waals surface area contributed by atoms with E-state index in [1.165, 1.54) is 19.3 Å². The van der Waals surface area contributed by atoms with Crippen LogP contribution in [0.4, 0.5) is 0 Å². The molecule has 0 aromatic carbocycles. The molecule has 106 valence electrons. The second-order valence-electron chi connectivity index (χ2n) is 5.11. The molecule has 2 rings (SSSR count). The van der Waals surface area contributed by atoms with Gasteiger partial charge in [0, 0.05) is 13.5 Å². The minimum absolute atomic E-state index is 0.158. The maximum atomic E-state index is 11.1. The molecule has 0 bridgehead atoms. The zero-order valence-corrected chi connectivity index (χ0v) is 11.5. The van der Waals surface area contributed by atoms with Gasteiger partial charge in [-0.05, 0) is 12.8 Å². The number of nitrogens with zero attached hydrogens (tertiary/aromatic N) is 3. The third-order valence-corrected chi connectivity index (χ3v) is 3.68. The van der Waals surface area contributed by atoms with Crippen molar-refractivity contribution >= 4 is 5.91 Å². The van der Waals surface area contributed by atoms with Crippen molar-refractivity contribution in [3.63, 3.8) is 0 Å². The Bertz CT molecular complexity index is 424. The van der Waals surface area contributed by atoms with Gasteiger partial charge in [0.1, 0.15) is 0 Å². The van der Waals surface area contributed by atoms with Crippen molar-refractivity contribution in [3.8, 4) is 0 Å². The van der Waals surface area contributed by atoms with E-state index < -0.39 is 0 Å². The third kappa shape index (κ3) is 3.53. The molecule has 0 aliphatic heterocycles. The molecule has 6 nitrogen and oxygen atoms in total. The number of aromatic nitrogens is 3. The summed E-state index contributed by atoms with van der Waals surface area (Å²) in [5.41, 5.74) is 6.97. The second kappa shape index (κ2) is 6.65. The standard InChI is InChI=1S/C13H22N4O2/c1-19-8-7-12-11(9-13(14)18)15-16-17(12)10-5-3-2-4-6-10/h10H,2-9H2,1H3,(H2,14,18). The zero-order chi connectivity index (χ0) is 13.7. The van der Waals surface area contributed by atoms with Gasteiger partial charge >= 0.3 is 0 Å². The first-order valence-electron chi connectivity index (χ1n) is 6.92. The quantitative estimate of drug-likeness (QED) is 0.832. The van der Waals surface area contributed by atoms with Crippen LogP contribution in [0.15, 0.2) is 0 Å². The van der Waals surface area contributed by atoms with Crippen molar-refractivity contribution in [2.24, 2.45) is 5.73 Å². The maximum absolute atomic E-state index is 11.1. The topological polar surface area (TPSA) is 83.0 Å². The lowest BCUT2D eigenvalue weighted by molar-refractivity contribution is -0.117. The van der Waals surface area contributed by atoms with Crippen molar-refractivity contribution in [2.75, 3.05) is 13.7 Å². The Hall–Kier alpha value is -1.43. The number of primary amides is 1. The number of carbonyl (C=O) groups is 1. The Kier molecular flexibility index (Phi) is 4.90. The predicted octanol–water partition coefficient (Wildman–Crippen LogP) is 1.000. The highest BCUT2D eigenvalue weighted by molar-refractivity contribution is 5.76. The Morgan fingerprint density at radius 2 is 2.16 bits per heavy atom. The van der Waals surface area contributed by atoms with Gasteiger partial charge in [0.15, 0.2) is 0 Å². The largest absolute Gasteiger partial charge is 0.384 e. The number of carbonyl (C=O) groups excluding carboxylic acids is 1. The molecule has 1 aromatic heterocycles. The molecule has 19 heavy (non-hydrogen) atoms. The van der Waals surface area contributed by atoms with Crippen LogP contribution in [0.25, 0.3) is 0 Å². The molecule has 0 saturated heterocycles. The van der Waals surface area contributed by atoms with Crippen molar-refractivity contribution in [1.82, 2.24) is 15.0 Å². The summed E-state index contributed by atoms with van der Waals surface area (Å²) in [6.45, 7) is 0.603. The van der Waals surface area contributed by atoms with E-state index in [-0.39, 0.29) is 12.3 Å². The molecule has 1 aliphatic rings. The Morgan fingerprint density at radius 1 is 1.42 bits per heavy atom. The van der Waals surface area contributed by atoms with E-state index in [0.717, 1.165) is 25.0 Å². The minimum Gasteiger partial charge on any atom is -0.384 e. The van der Waals surface area contributed by atoms with Crippen molar-refractivity contribution in [1.29, 1.82) is 0 Å². The summed E-state index contributed by atoms with van der Waals surface area (Å²) < 4.78 is 7.13. The van der Waals surface area contributed by atoms with E-state index in [1.807, 2.05) is 4.68 Å². The first kappa shape index (κ1) is 14.0. The summed E-state index contributed by atoms with van der Waals surface area (Å²) in [6, 6.07) is 0.412. The van der Waals surface area contributed by atoms with Crippen LogP contribution in [0.3, 0.4) is 0 Å². The summed E-state index contributed by atoms with van der Waals surface area (Å²) in [5.74, 6) is -0.366. The van der Waals surface area contributed by atoms with E-state index >= 15 is 0 Å². The van der Waals surface area contributed by atoms with Gasteiger partial charge in [-0.1, -0.05) is 24.5 Å². The van der Waals surface area contributed by atoms with Gasteiger partial charge in [0.2, 0.25) is 5.91 Å². The van der Waals surface area contributed by atoms with E-state index in [2.05, 4.69) is 10.3 Å². The first-order valence-corrected chi connectivity index (χ1v) is 6.92. The van der Waals surface area contributed by atoms with Crippen molar-refractivity contribution in [3.05, 3.63) is 11.4 Å². The molecule has 1 saturated carbocycles. The highest BCUT2D eigenvalue weighted by Crippen LogP contribution is 2.29. The Balaban J connectivity index is 2.20. The Morgan fingerprint density at radius 3 is 2.79 bits per heavy atom. The van der Waals surface area contributed by atoms with Crippen molar-refractivity contribution < 1.29 is 9.53 Å². The fraction of sp³-hybridized carbons (Fsp3) is 0.769. The number of ether oxygens (including phenoxy) is 1. The maximum Gasteiger partial charge on any atom is 0.223 e. The van der Waals surface area contributed by atoms with Gasteiger partial charge in [-0.2, -0.15) is 0 Å². The molecule has 0 unspecified atom stereocenters. The molecule has 2 N–H and O–H groups in total. The van der Waals surface area contributed by atoms with Crippen LogP contribution in [-0.4, -0.2) is 34.6 Å². The van der Waals surface area contributed by atoms with Crippen LogP contribution in [-0.2, 0) is 22.4 Å². The van der Waals surface area contributed by atoms with Crippen LogP contribution in [0.1, 0.15) is 49.5 Å². The number of nitrogens with two attached hydrogens (primary N) is 1. The summed E-state index contributed by atoms with van der Waals surface area (Å²) in [5, 5.41) is 8.39. The number of amides is 1. The number of hydrogen-bond donors (Lipinski definition) is 1. The van der Waals surface area contributed by atoms with Crippen LogP contribution >= 0.6 is 0 Å². The smallest absolute Gasteiger partial charge is 0.223 e. The molecule has 0 atom stereocenters. The molecule has 1 fully saturated rings. The van der Waals surface area contributed by atoms with Crippen LogP contribution < -0.4 is 5.73 Å². The highest BCUT2D eigenvalue weighted by atomic mass is 16.5. The predicted molar refractivity (Wildman–Crippen MR) is 70.6 cm³/mol. The van der Waals surface area contributed by atoms with Crippen molar-refractivity contribution in [2.45, 2.75) is 51.0 Å². The fourth-order valence-corrected chi connectivity index (χ4v) is 2.73. The average Bonchev–Trinajstić information content (AvgIpc) is 2.79. The number of rotatable bonds is 6. The highest BCUT2D eigenvalue weighted by Gasteiger charge is 2.22. The molecular formula is C13H22N4O2. The van der Waals surface area contributed by atoms with E-state index in [0.29, 0.717) is 18.3 Å². The van der Waals surface area contributed by atoms with E-state index in [4.69, 9.17) is 10.5 Å². The van der Waals surface area contributed by atoms with E-state index in [9.17, 15) is 4.79 Å². The summed E-state index contributed by atoms with van der Waals surface area (Å²) in [7, 11) is 1.67. The van der Waals surface area contributed by atoms with Gasteiger partial charge in [0.25, 0.3) is 0 Å². The summed E-state index contributed by atoms with van der Waals surface area (Å²) in [6.07, 6.45) is 6.93. The van der Waals surface area contributed by atoms with Gasteiger partial charge in [-0.3, -0.25) is 4.79 Å². The number of hydrogen-bond acceptors (Lipinski definition) is 4. The minimum atomic E-state index is -0.366. The zero-order valence-electron chi connectivity index (χ0n) is 11.5. The summed E-state index contributed by atoms with van der Waals surface area (Å²) in [4.78, 5) is 11.1. The third-order valence-electron chi connectivity index (χ3n) is 3.68. The lowest BCUT2D eigenvalue weighted by Crippen LogP contribution is -2.19. The molecule has 1 amide bonds. The first-order chi connectivity index (χ1) is 9.22. The molecular weight excluding hydrogens is 244 g/mol. The van der Waals surface area contributed by atoms with Gasteiger partial charge in [-0.25, -0.2) is 4.68 Å². The normalized spacial score (nSPS) is 16.7. The lowest BCUT2D eigenvalue weighted by atomic mass is 9.95. The van der Waals surface area contributed by atoms with Crippen LogP contribution in [0.2, 0.25) is 0 Å². The molecule has 1 heterocycles. The van der Waals surface area contributed by atoms with E-state index in [1.54, 1.807) is 7.11 Å². The fourth-order valence-electron chi connectivity index (χ4n) is 2.73. The van der Waals surface area contributed by atoms with Crippen LogP contribution in [0, 0.1) is 0 Å². The molecule has 1 aliphatic carbocycles. The molecule has 0 radical (unpaired) electrons. The Labute approximate surface area is 113 Å². The average molecular weight is 266 g/mol.